The van der Waals surface area contributed by atoms with Crippen LogP contribution < -0.4 is 15.1 Å². The molecular formula is C30H27Cl2N3O4. The summed E-state index contributed by atoms with van der Waals surface area (Å²) in [5.41, 5.74) is 3.19. The van der Waals surface area contributed by atoms with E-state index in [-0.39, 0.29) is 48.2 Å². The first kappa shape index (κ1) is 25.6. The van der Waals surface area contributed by atoms with Gasteiger partial charge in [-0.05, 0) is 21.9 Å². The van der Waals surface area contributed by atoms with Crippen LogP contribution >= 0.6 is 23.2 Å². The standard InChI is InChI=1S/C30H27Cl2N3O4/c31-13-17-15-34(23-11-25(36)19-5-1-3-7-21(19)28(17)23)27(38)9-10-33-30(39)35-16-18(14-32)29-22-8-4-2-6-20(22)26(37)12-24(29)35/h1-8,11-12,17-18,36-37H,9-10,13-16H2,(H,33,39). The molecule has 0 aromatic heterocycles. The van der Waals surface area contributed by atoms with Crippen molar-refractivity contribution in [3.05, 3.63) is 71.8 Å². The molecule has 2 atom stereocenters. The van der Waals surface area contributed by atoms with E-state index in [0.717, 1.165) is 32.7 Å². The molecule has 9 heteroatoms. The molecule has 3 amide bonds. The molecule has 2 unspecified atom stereocenters. The lowest BCUT2D eigenvalue weighted by Crippen LogP contribution is -2.41. The van der Waals surface area contributed by atoms with Crippen LogP contribution in [0.25, 0.3) is 21.5 Å². The Bertz CT molecular complexity index is 1510. The lowest BCUT2D eigenvalue weighted by molar-refractivity contribution is -0.118. The second kappa shape index (κ2) is 10.1. The zero-order chi connectivity index (χ0) is 27.3. The number of carbonyl (C=O) groups excluding carboxylic acids is 2. The molecule has 0 fully saturated rings. The van der Waals surface area contributed by atoms with E-state index in [9.17, 15) is 19.8 Å². The van der Waals surface area contributed by atoms with Crippen molar-refractivity contribution in [3.8, 4) is 11.5 Å². The van der Waals surface area contributed by atoms with Crippen LogP contribution in [0.15, 0.2) is 60.7 Å². The Morgan fingerprint density at radius 3 is 1.74 bits per heavy atom. The van der Waals surface area contributed by atoms with Crippen LogP contribution in [0.3, 0.4) is 0 Å². The summed E-state index contributed by atoms with van der Waals surface area (Å²) in [6.45, 7) is 0.934. The number of aromatic hydroxyl groups is 2. The Morgan fingerprint density at radius 1 is 0.769 bits per heavy atom. The van der Waals surface area contributed by atoms with Gasteiger partial charge >= 0.3 is 6.03 Å². The molecule has 0 aliphatic carbocycles. The van der Waals surface area contributed by atoms with Crippen molar-refractivity contribution in [1.29, 1.82) is 0 Å². The molecule has 4 aromatic rings. The highest BCUT2D eigenvalue weighted by Crippen LogP contribution is 2.46. The molecule has 0 bridgehead atoms. The molecule has 200 valence electrons. The summed E-state index contributed by atoms with van der Waals surface area (Å²) in [6, 6.07) is 18.0. The monoisotopic (exact) mass is 563 g/mol. The second-order valence-corrected chi connectivity index (χ2v) is 10.7. The smallest absolute Gasteiger partial charge is 0.321 e. The highest BCUT2D eigenvalue weighted by molar-refractivity contribution is 6.19. The first-order valence-electron chi connectivity index (χ1n) is 12.9. The van der Waals surface area contributed by atoms with Gasteiger partial charge in [0.1, 0.15) is 11.5 Å². The van der Waals surface area contributed by atoms with E-state index >= 15 is 0 Å². The number of carbonyl (C=O) groups is 2. The Kier molecular flexibility index (Phi) is 6.65. The van der Waals surface area contributed by atoms with Crippen molar-refractivity contribution in [3.63, 3.8) is 0 Å². The molecular weight excluding hydrogens is 537 g/mol. The maximum atomic E-state index is 13.3. The number of urea groups is 1. The Labute approximate surface area is 235 Å². The third-order valence-corrected chi connectivity index (χ3v) is 8.57. The zero-order valence-corrected chi connectivity index (χ0v) is 22.5. The van der Waals surface area contributed by atoms with Crippen LogP contribution in [-0.4, -0.2) is 53.5 Å². The number of rotatable bonds is 5. The molecule has 3 N–H and O–H groups in total. The molecule has 4 aromatic carbocycles. The SMILES string of the molecule is O=C(CCNC(=O)N1CC(CCl)c2c1cc(O)c1ccccc21)N1CC(CCl)c2c1cc(O)c1ccccc21. The molecule has 0 spiro atoms. The van der Waals surface area contributed by atoms with Crippen molar-refractivity contribution in [2.75, 3.05) is 41.2 Å². The fourth-order valence-corrected chi connectivity index (χ4v) is 6.54. The molecule has 0 radical (unpaired) electrons. The summed E-state index contributed by atoms with van der Waals surface area (Å²) in [4.78, 5) is 29.7. The number of halogens is 2. The van der Waals surface area contributed by atoms with Crippen molar-refractivity contribution < 1.29 is 19.8 Å². The van der Waals surface area contributed by atoms with Gasteiger partial charge in [0.25, 0.3) is 0 Å². The molecule has 0 saturated carbocycles. The van der Waals surface area contributed by atoms with Crippen molar-refractivity contribution >= 4 is 68.1 Å². The average molecular weight is 564 g/mol. The molecule has 39 heavy (non-hydrogen) atoms. The van der Waals surface area contributed by atoms with Gasteiger partial charge in [0.15, 0.2) is 0 Å². The minimum Gasteiger partial charge on any atom is -0.507 e. The van der Waals surface area contributed by atoms with E-state index in [4.69, 9.17) is 23.2 Å². The minimum atomic E-state index is -0.351. The fourth-order valence-electron chi connectivity index (χ4n) is 6.04. The zero-order valence-electron chi connectivity index (χ0n) is 21.0. The molecule has 2 heterocycles. The quantitative estimate of drug-likeness (QED) is 0.259. The van der Waals surface area contributed by atoms with E-state index < -0.39 is 0 Å². The number of hydrogen-bond acceptors (Lipinski definition) is 4. The van der Waals surface area contributed by atoms with Gasteiger partial charge in [-0.3, -0.25) is 9.69 Å². The molecule has 6 rings (SSSR count). The van der Waals surface area contributed by atoms with E-state index in [2.05, 4.69) is 5.32 Å². The van der Waals surface area contributed by atoms with Crippen LogP contribution in [0.4, 0.5) is 16.2 Å². The number of anilines is 2. The Morgan fingerprint density at radius 2 is 1.23 bits per heavy atom. The van der Waals surface area contributed by atoms with Crippen molar-refractivity contribution in [1.82, 2.24) is 5.32 Å². The van der Waals surface area contributed by atoms with Gasteiger partial charge in [-0.1, -0.05) is 48.5 Å². The van der Waals surface area contributed by atoms with Crippen molar-refractivity contribution in [2.45, 2.75) is 18.3 Å². The highest BCUT2D eigenvalue weighted by Gasteiger charge is 2.36. The first-order chi connectivity index (χ1) is 18.9. The number of nitrogens with one attached hydrogen (secondary N) is 1. The maximum Gasteiger partial charge on any atom is 0.321 e. The fraction of sp³-hybridized carbons (Fsp3) is 0.267. The van der Waals surface area contributed by atoms with Gasteiger partial charge in [-0.15, -0.1) is 23.2 Å². The number of benzene rings is 4. The molecule has 2 aliphatic heterocycles. The number of hydrogen-bond donors (Lipinski definition) is 3. The first-order valence-corrected chi connectivity index (χ1v) is 14.0. The largest absolute Gasteiger partial charge is 0.507 e. The summed E-state index contributed by atoms with van der Waals surface area (Å²) in [6.07, 6.45) is 0.0797. The van der Waals surface area contributed by atoms with Gasteiger partial charge in [0.2, 0.25) is 5.91 Å². The summed E-state index contributed by atoms with van der Waals surface area (Å²) in [5.74, 6) is 0.606. The summed E-state index contributed by atoms with van der Waals surface area (Å²) in [5, 5.41) is 27.3. The highest BCUT2D eigenvalue weighted by atomic mass is 35.5. The van der Waals surface area contributed by atoms with E-state index in [1.54, 1.807) is 21.9 Å². The number of fused-ring (bicyclic) bond motifs is 6. The van der Waals surface area contributed by atoms with Gasteiger partial charge in [0.05, 0.1) is 11.4 Å². The summed E-state index contributed by atoms with van der Waals surface area (Å²) < 4.78 is 0. The summed E-state index contributed by atoms with van der Waals surface area (Å²) in [7, 11) is 0. The van der Waals surface area contributed by atoms with Crippen LogP contribution in [0, 0.1) is 0 Å². The topological polar surface area (TPSA) is 93.1 Å². The van der Waals surface area contributed by atoms with Gasteiger partial charge < -0.3 is 20.4 Å². The van der Waals surface area contributed by atoms with Crippen LogP contribution in [0.5, 0.6) is 11.5 Å². The Hall–Kier alpha value is -3.68. The molecule has 7 nitrogen and oxygen atoms in total. The van der Waals surface area contributed by atoms with Crippen LogP contribution in [0.2, 0.25) is 0 Å². The van der Waals surface area contributed by atoms with E-state index in [1.807, 2.05) is 48.5 Å². The average Bonchev–Trinajstić information content (AvgIpc) is 3.52. The number of amides is 3. The maximum absolute atomic E-state index is 13.3. The Balaban J connectivity index is 1.19. The number of alkyl halides is 2. The lowest BCUT2D eigenvalue weighted by atomic mass is 9.95. The number of phenolic OH excluding ortho intramolecular Hbond substituents is 2. The lowest BCUT2D eigenvalue weighted by Gasteiger charge is -2.21. The third-order valence-electron chi connectivity index (χ3n) is 7.82. The van der Waals surface area contributed by atoms with E-state index in [0.29, 0.717) is 36.2 Å². The summed E-state index contributed by atoms with van der Waals surface area (Å²) >= 11 is 12.6. The second-order valence-electron chi connectivity index (χ2n) is 10.0. The van der Waals surface area contributed by atoms with Gasteiger partial charge in [0, 0.05) is 72.6 Å². The van der Waals surface area contributed by atoms with Crippen LogP contribution in [-0.2, 0) is 4.79 Å². The van der Waals surface area contributed by atoms with Gasteiger partial charge in [-0.25, -0.2) is 4.79 Å². The number of nitrogens with zero attached hydrogens (tertiary/aromatic N) is 2. The predicted molar refractivity (Wildman–Crippen MR) is 156 cm³/mol. The van der Waals surface area contributed by atoms with Gasteiger partial charge in [-0.2, -0.15) is 0 Å². The molecule has 2 aliphatic rings. The normalized spacial score (nSPS) is 18.0. The third kappa shape index (κ3) is 4.21. The predicted octanol–water partition coefficient (Wildman–Crippen LogP) is 6.02. The van der Waals surface area contributed by atoms with E-state index in [1.165, 1.54) is 0 Å². The number of phenols is 2. The van der Waals surface area contributed by atoms with Crippen molar-refractivity contribution in [2.24, 2.45) is 0 Å². The molecule has 0 saturated heterocycles. The minimum absolute atomic E-state index is 0.0539. The van der Waals surface area contributed by atoms with Crippen LogP contribution in [0.1, 0.15) is 29.4 Å².